The van der Waals surface area contributed by atoms with Crippen molar-refractivity contribution in [2.75, 3.05) is 19.0 Å². The van der Waals surface area contributed by atoms with Gasteiger partial charge in [-0.15, -0.1) is 0 Å². The van der Waals surface area contributed by atoms with Crippen molar-refractivity contribution >= 4 is 11.8 Å². The largest absolute Gasteiger partial charge is 0.463 e. The number of methoxy groups -OCH3 is 1. The number of aromatic nitrogens is 2. The Kier molecular flexibility index (Phi) is 3.76. The van der Waals surface area contributed by atoms with E-state index in [1.54, 1.807) is 6.07 Å². The van der Waals surface area contributed by atoms with E-state index in [9.17, 15) is 4.79 Å². The van der Waals surface area contributed by atoms with Crippen LogP contribution < -0.4 is 11.1 Å². The summed E-state index contributed by atoms with van der Waals surface area (Å²) in [6.07, 6.45) is 2.39. The Morgan fingerprint density at radius 2 is 2.33 bits per heavy atom. The van der Waals surface area contributed by atoms with Crippen molar-refractivity contribution in [3.05, 3.63) is 17.6 Å². The van der Waals surface area contributed by atoms with Gasteiger partial charge in [0.05, 0.1) is 7.11 Å². The minimum Gasteiger partial charge on any atom is -0.463 e. The molecule has 1 saturated carbocycles. The lowest BCUT2D eigenvalue weighted by Crippen LogP contribution is -2.31. The first-order valence-corrected chi connectivity index (χ1v) is 6.04. The number of carbonyl (C=O) groups is 1. The molecule has 98 valence electrons. The van der Waals surface area contributed by atoms with E-state index in [4.69, 9.17) is 5.73 Å². The maximum atomic E-state index is 11.4. The lowest BCUT2D eigenvalue weighted by Gasteiger charge is -2.17. The Labute approximate surface area is 106 Å². The Morgan fingerprint density at radius 3 is 2.89 bits per heavy atom. The zero-order chi connectivity index (χ0) is 13.1. The number of nitrogens with two attached hydrogens (primary N) is 1. The van der Waals surface area contributed by atoms with Gasteiger partial charge in [0.2, 0.25) is 5.82 Å². The topological polar surface area (TPSA) is 90.1 Å². The summed E-state index contributed by atoms with van der Waals surface area (Å²) in [6, 6.07) is 2.02. The summed E-state index contributed by atoms with van der Waals surface area (Å²) >= 11 is 0. The van der Waals surface area contributed by atoms with Crippen molar-refractivity contribution in [1.29, 1.82) is 0 Å². The SMILES string of the molecule is COC(=O)c1nc(C)cc(NC(CN)C2CC2)n1. The zero-order valence-corrected chi connectivity index (χ0v) is 10.6. The van der Waals surface area contributed by atoms with Gasteiger partial charge in [-0.2, -0.15) is 0 Å². The highest BCUT2D eigenvalue weighted by atomic mass is 16.5. The van der Waals surface area contributed by atoms with Crippen LogP contribution in [0, 0.1) is 12.8 Å². The highest BCUT2D eigenvalue weighted by Gasteiger charge is 2.30. The van der Waals surface area contributed by atoms with Gasteiger partial charge >= 0.3 is 5.97 Å². The molecular weight excluding hydrogens is 232 g/mol. The first kappa shape index (κ1) is 12.8. The summed E-state index contributed by atoms with van der Waals surface area (Å²) in [5.74, 6) is 0.793. The van der Waals surface area contributed by atoms with Crippen LogP contribution in [0.1, 0.15) is 29.2 Å². The van der Waals surface area contributed by atoms with E-state index in [-0.39, 0.29) is 11.9 Å². The quantitative estimate of drug-likeness (QED) is 0.748. The van der Waals surface area contributed by atoms with Crippen molar-refractivity contribution < 1.29 is 9.53 Å². The Morgan fingerprint density at radius 1 is 1.61 bits per heavy atom. The zero-order valence-electron chi connectivity index (χ0n) is 10.6. The first-order chi connectivity index (χ1) is 8.63. The van der Waals surface area contributed by atoms with E-state index in [1.807, 2.05) is 6.92 Å². The number of carbonyl (C=O) groups excluding carboxylic acids is 1. The van der Waals surface area contributed by atoms with Gasteiger partial charge in [-0.1, -0.05) is 0 Å². The molecule has 1 aromatic rings. The highest BCUT2D eigenvalue weighted by Crippen LogP contribution is 2.33. The normalized spacial score (nSPS) is 16.2. The maximum Gasteiger partial charge on any atom is 0.376 e. The van der Waals surface area contributed by atoms with Crippen LogP contribution in [0.4, 0.5) is 5.82 Å². The molecule has 1 heterocycles. The molecule has 0 spiro atoms. The second kappa shape index (κ2) is 5.30. The predicted octanol–water partition coefficient (Wildman–Crippen LogP) is 0.721. The van der Waals surface area contributed by atoms with Crippen LogP contribution in [0.3, 0.4) is 0 Å². The number of hydrogen-bond acceptors (Lipinski definition) is 6. The summed E-state index contributed by atoms with van der Waals surface area (Å²) < 4.78 is 4.62. The molecule has 1 unspecified atom stereocenters. The van der Waals surface area contributed by atoms with Crippen LogP contribution in [0.15, 0.2) is 6.07 Å². The molecule has 0 radical (unpaired) electrons. The molecule has 1 aromatic heterocycles. The van der Waals surface area contributed by atoms with Crippen LogP contribution in [-0.2, 0) is 4.74 Å². The van der Waals surface area contributed by atoms with Gasteiger partial charge in [0, 0.05) is 24.3 Å². The van der Waals surface area contributed by atoms with Crippen molar-refractivity contribution in [3.8, 4) is 0 Å². The average Bonchev–Trinajstić information content (AvgIpc) is 3.18. The van der Waals surface area contributed by atoms with Crippen LogP contribution in [-0.4, -0.2) is 35.6 Å². The number of hydrogen-bond donors (Lipinski definition) is 2. The number of esters is 1. The van der Waals surface area contributed by atoms with Gasteiger partial charge in [0.1, 0.15) is 5.82 Å². The van der Waals surface area contributed by atoms with Crippen LogP contribution in [0.2, 0.25) is 0 Å². The van der Waals surface area contributed by atoms with Crippen molar-refractivity contribution in [2.45, 2.75) is 25.8 Å². The van der Waals surface area contributed by atoms with Gasteiger partial charge in [0.25, 0.3) is 0 Å². The molecule has 0 saturated heterocycles. The number of nitrogens with zero attached hydrogens (tertiary/aromatic N) is 2. The number of aryl methyl sites for hydroxylation is 1. The van der Waals surface area contributed by atoms with Gasteiger partial charge in [-0.3, -0.25) is 0 Å². The molecule has 1 fully saturated rings. The lowest BCUT2D eigenvalue weighted by atomic mass is 10.2. The van der Waals surface area contributed by atoms with Gasteiger partial charge in [-0.25, -0.2) is 14.8 Å². The molecule has 1 aliphatic carbocycles. The predicted molar refractivity (Wildman–Crippen MR) is 67.3 cm³/mol. The number of rotatable bonds is 5. The second-order valence-electron chi connectivity index (χ2n) is 4.53. The lowest BCUT2D eigenvalue weighted by molar-refractivity contribution is 0.0586. The maximum absolute atomic E-state index is 11.4. The van der Waals surface area contributed by atoms with Gasteiger partial charge in [0.15, 0.2) is 0 Å². The van der Waals surface area contributed by atoms with Crippen LogP contribution in [0.25, 0.3) is 0 Å². The number of anilines is 1. The van der Waals surface area contributed by atoms with Crippen LogP contribution >= 0.6 is 0 Å². The fourth-order valence-electron chi connectivity index (χ4n) is 1.88. The summed E-state index contributed by atoms with van der Waals surface area (Å²) in [6.45, 7) is 2.37. The van der Waals surface area contributed by atoms with E-state index in [2.05, 4.69) is 20.0 Å². The van der Waals surface area contributed by atoms with Crippen LogP contribution in [0.5, 0.6) is 0 Å². The smallest absolute Gasteiger partial charge is 0.376 e. The highest BCUT2D eigenvalue weighted by molar-refractivity contribution is 5.85. The molecule has 0 aliphatic heterocycles. The van der Waals surface area contributed by atoms with E-state index in [1.165, 1.54) is 20.0 Å². The number of nitrogens with one attached hydrogen (secondary N) is 1. The average molecular weight is 250 g/mol. The summed E-state index contributed by atoms with van der Waals surface area (Å²) in [4.78, 5) is 19.6. The molecule has 3 N–H and O–H groups in total. The Bertz CT molecular complexity index is 446. The fraction of sp³-hybridized carbons (Fsp3) is 0.583. The standard InChI is InChI=1S/C12H18N4O2/c1-7-5-10(15-9(6-13)8-3-4-8)16-11(14-7)12(17)18-2/h5,8-9H,3-4,6,13H2,1-2H3,(H,14,15,16). The monoisotopic (exact) mass is 250 g/mol. The van der Waals surface area contributed by atoms with E-state index in [0.29, 0.717) is 18.3 Å². The number of ether oxygens (including phenoxy) is 1. The molecule has 1 atom stereocenters. The third-order valence-corrected chi connectivity index (χ3v) is 3.00. The molecule has 6 heteroatoms. The van der Waals surface area contributed by atoms with E-state index < -0.39 is 5.97 Å². The minimum atomic E-state index is -0.530. The molecule has 6 nitrogen and oxygen atoms in total. The van der Waals surface area contributed by atoms with Crippen molar-refractivity contribution in [3.63, 3.8) is 0 Å². The van der Waals surface area contributed by atoms with E-state index >= 15 is 0 Å². The third-order valence-electron chi connectivity index (χ3n) is 3.00. The molecule has 1 aliphatic rings. The van der Waals surface area contributed by atoms with E-state index in [0.717, 1.165) is 5.69 Å². The van der Waals surface area contributed by atoms with Crippen molar-refractivity contribution in [2.24, 2.45) is 11.7 Å². The molecule has 0 bridgehead atoms. The molecule has 18 heavy (non-hydrogen) atoms. The summed E-state index contributed by atoms with van der Waals surface area (Å²) in [5, 5.41) is 3.27. The minimum absolute atomic E-state index is 0.0755. The van der Waals surface area contributed by atoms with Gasteiger partial charge < -0.3 is 15.8 Å². The molecular formula is C12H18N4O2. The Balaban J connectivity index is 2.16. The summed E-state index contributed by atoms with van der Waals surface area (Å²) in [5.41, 5.74) is 6.45. The fourth-order valence-corrected chi connectivity index (χ4v) is 1.88. The second-order valence-corrected chi connectivity index (χ2v) is 4.53. The van der Waals surface area contributed by atoms with Crippen molar-refractivity contribution in [1.82, 2.24) is 9.97 Å². The molecule has 0 aromatic carbocycles. The molecule has 0 amide bonds. The van der Waals surface area contributed by atoms with Gasteiger partial charge in [-0.05, 0) is 25.7 Å². The Hall–Kier alpha value is -1.69. The summed E-state index contributed by atoms with van der Waals surface area (Å²) in [7, 11) is 1.31. The first-order valence-electron chi connectivity index (χ1n) is 6.04. The third kappa shape index (κ3) is 2.95. The molecule has 2 rings (SSSR count).